The molecule has 1 aromatic heterocycles. The van der Waals surface area contributed by atoms with Crippen molar-refractivity contribution in [3.05, 3.63) is 83.3 Å². The van der Waals surface area contributed by atoms with Crippen molar-refractivity contribution in [1.82, 2.24) is 15.6 Å². The van der Waals surface area contributed by atoms with Crippen molar-refractivity contribution < 1.29 is 29.2 Å². The van der Waals surface area contributed by atoms with Gasteiger partial charge in [0.15, 0.2) is 0 Å². The topological polar surface area (TPSA) is 148 Å². The number of halogens is 2. The smallest absolute Gasteiger partial charge is 0.321 e. The molecule has 36 heavy (non-hydrogen) atoms. The molecular weight excluding hydrogens is 493 g/mol. The number of ether oxygens (including phenoxy) is 1. The number of aliphatic imine (C=N–C) groups is 1. The molecule has 0 atom stereocenters. The molecule has 10 nitrogen and oxygen atoms in total. The van der Waals surface area contributed by atoms with Crippen LogP contribution in [-0.4, -0.2) is 57.7 Å². The van der Waals surface area contributed by atoms with Gasteiger partial charge in [0, 0.05) is 16.8 Å². The summed E-state index contributed by atoms with van der Waals surface area (Å²) in [6.45, 7) is -1.64. The zero-order chi connectivity index (χ0) is 26.0. The van der Waals surface area contributed by atoms with Gasteiger partial charge in [-0.15, -0.1) is 0 Å². The maximum atomic E-state index is 13.0. The second kappa shape index (κ2) is 12.8. The first-order valence-corrected chi connectivity index (χ1v) is 11.1. The molecule has 6 N–H and O–H groups in total. The van der Waals surface area contributed by atoms with Crippen molar-refractivity contribution in [1.29, 1.82) is 0 Å². The van der Waals surface area contributed by atoms with E-state index in [-0.39, 0.29) is 24.9 Å². The second-order valence-electron chi connectivity index (χ2n) is 7.71. The van der Waals surface area contributed by atoms with Crippen LogP contribution in [0.15, 0.2) is 71.9 Å². The summed E-state index contributed by atoms with van der Waals surface area (Å²) in [6.07, 6.45) is 1.05. The molecule has 2 amide bonds. The number of rotatable bonds is 9. The Bertz CT molecular complexity index is 1160. The summed E-state index contributed by atoms with van der Waals surface area (Å²) in [6, 6.07) is 15.6. The fraction of sp³-hybridized carbons (Fsp3) is 0.208. The summed E-state index contributed by atoms with van der Waals surface area (Å²) in [5.74, 6) is 0.304. The lowest BCUT2D eigenvalue weighted by molar-refractivity contribution is -0.0509. The van der Waals surface area contributed by atoms with E-state index in [9.17, 15) is 24.5 Å². The number of carbonyl (C=O) groups excluding carboxylic acids is 1. The van der Waals surface area contributed by atoms with Crippen molar-refractivity contribution in [3.63, 3.8) is 0 Å². The number of nitrogens with one attached hydrogen (secondary N) is 3. The lowest BCUT2D eigenvalue weighted by Gasteiger charge is -2.23. The van der Waals surface area contributed by atoms with Gasteiger partial charge in [-0.05, 0) is 48.0 Å². The van der Waals surface area contributed by atoms with E-state index >= 15 is 0 Å². The van der Waals surface area contributed by atoms with Gasteiger partial charge in [0.1, 0.15) is 17.2 Å². The van der Waals surface area contributed by atoms with Gasteiger partial charge in [0.05, 0.1) is 32.5 Å². The Labute approximate surface area is 211 Å². The van der Waals surface area contributed by atoms with Crippen molar-refractivity contribution in [3.8, 4) is 11.6 Å². The third-order valence-corrected chi connectivity index (χ3v) is 5.02. The minimum Gasteiger partial charge on any atom is -0.439 e. The summed E-state index contributed by atoms with van der Waals surface area (Å²) in [5, 5.41) is 36.8. The third kappa shape index (κ3) is 8.47. The van der Waals surface area contributed by atoms with Crippen LogP contribution in [-0.2, 0) is 6.54 Å². The molecule has 0 aliphatic rings. The summed E-state index contributed by atoms with van der Waals surface area (Å²) < 4.78 is 18.6. The fourth-order valence-electron chi connectivity index (χ4n) is 2.72. The minimum atomic E-state index is -1.86. The number of hydrogen-bond donors (Lipinski definition) is 6. The van der Waals surface area contributed by atoms with Crippen LogP contribution in [0.1, 0.15) is 5.56 Å². The molecule has 190 valence electrons. The van der Waals surface area contributed by atoms with E-state index in [1.807, 2.05) is 0 Å². The Balaban J connectivity index is 1.68. The van der Waals surface area contributed by atoms with Crippen LogP contribution in [0.2, 0.25) is 5.02 Å². The second-order valence-corrected chi connectivity index (χ2v) is 8.14. The molecule has 0 aliphatic carbocycles. The van der Waals surface area contributed by atoms with Crippen LogP contribution >= 0.6 is 11.6 Å². The number of anilines is 1. The van der Waals surface area contributed by atoms with Crippen molar-refractivity contribution >= 4 is 29.3 Å². The van der Waals surface area contributed by atoms with Crippen LogP contribution in [0.5, 0.6) is 11.6 Å². The number of aromatic nitrogens is 1. The molecule has 0 unspecified atom stereocenters. The van der Waals surface area contributed by atoms with Gasteiger partial charge in [-0.25, -0.2) is 19.2 Å². The molecular formula is C24H25ClFN5O5. The number of amides is 2. The number of urea groups is 1. The molecule has 3 rings (SSSR count). The molecule has 0 saturated carbocycles. The Morgan fingerprint density at radius 1 is 1.06 bits per heavy atom. The van der Waals surface area contributed by atoms with Crippen molar-refractivity contribution in [2.45, 2.75) is 12.1 Å². The van der Waals surface area contributed by atoms with Crippen LogP contribution in [0.4, 0.5) is 14.9 Å². The monoisotopic (exact) mass is 517 g/mol. The highest BCUT2D eigenvalue weighted by atomic mass is 35.5. The van der Waals surface area contributed by atoms with E-state index in [1.54, 1.807) is 48.5 Å². The molecule has 0 bridgehead atoms. The molecule has 2 aromatic carbocycles. The van der Waals surface area contributed by atoms with Gasteiger partial charge in [-0.1, -0.05) is 23.7 Å². The number of benzene rings is 2. The van der Waals surface area contributed by atoms with Crippen molar-refractivity contribution in [2.75, 3.05) is 25.1 Å². The lowest BCUT2D eigenvalue weighted by atomic mass is 10.1. The van der Waals surface area contributed by atoms with Crippen molar-refractivity contribution in [2.24, 2.45) is 4.99 Å². The quantitative estimate of drug-likeness (QED) is 0.189. The number of aliphatic hydroxyl groups is 3. The fourth-order valence-corrected chi connectivity index (χ4v) is 2.84. The van der Waals surface area contributed by atoms with Gasteiger partial charge in [-0.3, -0.25) is 5.32 Å². The maximum Gasteiger partial charge on any atom is 0.321 e. The summed E-state index contributed by atoms with van der Waals surface area (Å²) >= 11 is 5.92. The Hall–Kier alpha value is -3.77. The number of guanidine groups is 1. The van der Waals surface area contributed by atoms with Gasteiger partial charge in [-0.2, -0.15) is 0 Å². The number of carbonyl (C=O) groups is 1. The van der Waals surface area contributed by atoms with E-state index in [1.165, 1.54) is 12.1 Å². The minimum absolute atomic E-state index is 0.0906. The van der Waals surface area contributed by atoms with Crippen LogP contribution < -0.4 is 20.7 Å². The molecule has 0 aliphatic heterocycles. The first kappa shape index (κ1) is 26.8. The van der Waals surface area contributed by atoms with Gasteiger partial charge < -0.3 is 30.7 Å². The predicted octanol–water partition coefficient (Wildman–Crippen LogP) is 2.65. The molecule has 0 spiro atoms. The Morgan fingerprint density at radius 2 is 1.75 bits per heavy atom. The van der Waals surface area contributed by atoms with E-state index in [0.29, 0.717) is 16.5 Å². The number of pyridine rings is 1. The third-order valence-electron chi connectivity index (χ3n) is 4.77. The molecule has 1 heterocycles. The highest BCUT2D eigenvalue weighted by molar-refractivity contribution is 6.30. The zero-order valence-corrected chi connectivity index (χ0v) is 19.7. The van der Waals surface area contributed by atoms with Gasteiger partial charge in [0.2, 0.25) is 11.8 Å². The average molecular weight is 518 g/mol. The summed E-state index contributed by atoms with van der Waals surface area (Å²) in [5.41, 5.74) is -0.459. The molecule has 12 heteroatoms. The highest BCUT2D eigenvalue weighted by Crippen LogP contribution is 2.21. The first-order valence-electron chi connectivity index (χ1n) is 10.7. The number of nitrogens with zero attached hydrogens (tertiary/aromatic N) is 2. The van der Waals surface area contributed by atoms with Crippen LogP contribution in [0.3, 0.4) is 0 Å². The summed E-state index contributed by atoms with van der Waals surface area (Å²) in [7, 11) is 0. The molecule has 0 radical (unpaired) electrons. The molecule has 0 saturated heterocycles. The largest absolute Gasteiger partial charge is 0.439 e. The average Bonchev–Trinajstić information content (AvgIpc) is 2.89. The zero-order valence-electron chi connectivity index (χ0n) is 19.0. The Morgan fingerprint density at radius 3 is 2.36 bits per heavy atom. The molecule has 3 aromatic rings. The van der Waals surface area contributed by atoms with Crippen LogP contribution in [0, 0.1) is 5.82 Å². The van der Waals surface area contributed by atoms with Gasteiger partial charge >= 0.3 is 6.03 Å². The van der Waals surface area contributed by atoms with Crippen LogP contribution in [0.25, 0.3) is 0 Å². The van der Waals surface area contributed by atoms with Gasteiger partial charge in [0.25, 0.3) is 0 Å². The normalized spacial score (nSPS) is 11.6. The first-order chi connectivity index (χ1) is 17.3. The SMILES string of the molecule is O=C(NCC(O)(CO)CO)NC(=NCc1ccc(Cl)cc1)Nc1ccc(Oc2ccc(F)cn2)cc1. The number of aliphatic hydroxyl groups excluding tert-OH is 2. The number of hydrogen-bond acceptors (Lipinski definition) is 7. The van der Waals surface area contributed by atoms with E-state index < -0.39 is 30.7 Å². The van der Waals surface area contributed by atoms with E-state index in [0.717, 1.165) is 11.8 Å². The standard InChI is InChI=1S/C24H25ClFN5O5/c25-17-3-1-16(2-4-17)11-28-22(31-23(34)29-13-24(35,14-32)15-33)30-19-6-8-20(9-7-19)36-21-10-5-18(26)12-27-21/h1-10,12,32-33,35H,11,13-15H2,(H3,28,29,30,31,34). The maximum absolute atomic E-state index is 13.0. The molecule has 0 fully saturated rings. The van der Waals surface area contributed by atoms with E-state index in [4.69, 9.17) is 16.3 Å². The predicted molar refractivity (Wildman–Crippen MR) is 133 cm³/mol. The highest BCUT2D eigenvalue weighted by Gasteiger charge is 2.25. The lowest BCUT2D eigenvalue weighted by Crippen LogP contribution is -2.52. The van der Waals surface area contributed by atoms with E-state index in [2.05, 4.69) is 25.9 Å². The Kier molecular flexibility index (Phi) is 9.53. The summed E-state index contributed by atoms with van der Waals surface area (Å²) in [4.78, 5) is 20.6.